The Kier molecular flexibility index (Phi) is 2.48. The number of rotatable bonds is 2. The quantitative estimate of drug-likeness (QED) is 0.821. The second-order valence-corrected chi connectivity index (χ2v) is 4.85. The zero-order valence-corrected chi connectivity index (χ0v) is 9.89. The highest BCUT2D eigenvalue weighted by molar-refractivity contribution is 5.36. The molecule has 5 nitrogen and oxygen atoms in total. The molecular formula is C12H16N4O. The van der Waals surface area contributed by atoms with Gasteiger partial charge in [-0.1, -0.05) is 6.07 Å². The lowest BCUT2D eigenvalue weighted by Gasteiger charge is -2.07. The topological polar surface area (TPSA) is 53.4 Å². The van der Waals surface area contributed by atoms with Gasteiger partial charge in [0.25, 0.3) is 5.56 Å². The lowest BCUT2D eigenvalue weighted by atomic mass is 10.1. The van der Waals surface area contributed by atoms with Gasteiger partial charge in [-0.3, -0.25) is 9.89 Å². The van der Waals surface area contributed by atoms with Crippen LogP contribution < -0.4 is 5.56 Å². The van der Waals surface area contributed by atoms with Crippen LogP contribution in [0.3, 0.4) is 0 Å². The van der Waals surface area contributed by atoms with Gasteiger partial charge in [0.15, 0.2) is 5.65 Å². The smallest absolute Gasteiger partial charge is 0.271 e. The van der Waals surface area contributed by atoms with Crippen LogP contribution in [-0.4, -0.2) is 39.6 Å². The molecule has 1 saturated heterocycles. The summed E-state index contributed by atoms with van der Waals surface area (Å²) in [5.41, 5.74) is 0.656. The number of H-pyrrole nitrogens is 1. The minimum absolute atomic E-state index is 0.0511. The van der Waals surface area contributed by atoms with Crippen LogP contribution in [0.25, 0.3) is 5.65 Å². The van der Waals surface area contributed by atoms with Gasteiger partial charge in [0, 0.05) is 19.0 Å². The molecule has 0 saturated carbocycles. The lowest BCUT2D eigenvalue weighted by Crippen LogP contribution is -2.15. The van der Waals surface area contributed by atoms with Crippen molar-refractivity contribution in [2.75, 3.05) is 20.1 Å². The molecule has 1 N–H and O–H groups in total. The van der Waals surface area contributed by atoms with Gasteiger partial charge in [0.05, 0.1) is 0 Å². The molecule has 2 aromatic rings. The predicted molar refractivity (Wildman–Crippen MR) is 65.1 cm³/mol. The Morgan fingerprint density at radius 1 is 1.53 bits per heavy atom. The van der Waals surface area contributed by atoms with Crippen molar-refractivity contribution in [3.8, 4) is 0 Å². The third-order valence-corrected chi connectivity index (χ3v) is 3.39. The molecule has 1 aliphatic rings. The fraction of sp³-hybridized carbons (Fsp3) is 0.500. The molecule has 5 heteroatoms. The van der Waals surface area contributed by atoms with Gasteiger partial charge in [0.1, 0.15) is 5.82 Å². The maximum absolute atomic E-state index is 11.6. The molecule has 0 aromatic carbocycles. The average Bonchev–Trinajstić information content (AvgIpc) is 2.86. The molecule has 2 aromatic heterocycles. The summed E-state index contributed by atoms with van der Waals surface area (Å²) in [6, 6.07) is 5.13. The van der Waals surface area contributed by atoms with E-state index in [0.29, 0.717) is 11.6 Å². The third-order valence-electron chi connectivity index (χ3n) is 3.39. The van der Waals surface area contributed by atoms with Crippen molar-refractivity contribution < 1.29 is 0 Å². The van der Waals surface area contributed by atoms with Gasteiger partial charge < -0.3 is 4.90 Å². The Morgan fingerprint density at radius 3 is 3.12 bits per heavy atom. The summed E-state index contributed by atoms with van der Waals surface area (Å²) < 4.78 is 1.51. The van der Waals surface area contributed by atoms with Crippen molar-refractivity contribution in [1.82, 2.24) is 19.5 Å². The average molecular weight is 232 g/mol. The Labute approximate surface area is 99.1 Å². The van der Waals surface area contributed by atoms with E-state index in [1.54, 1.807) is 6.07 Å². The maximum atomic E-state index is 11.6. The Bertz CT molecular complexity index is 585. The van der Waals surface area contributed by atoms with E-state index in [2.05, 4.69) is 22.0 Å². The molecule has 0 radical (unpaired) electrons. The number of pyridine rings is 1. The van der Waals surface area contributed by atoms with Crippen molar-refractivity contribution >= 4 is 5.65 Å². The summed E-state index contributed by atoms with van der Waals surface area (Å²) in [7, 11) is 2.14. The summed E-state index contributed by atoms with van der Waals surface area (Å²) in [4.78, 5) is 18.3. The highest BCUT2D eigenvalue weighted by atomic mass is 16.1. The van der Waals surface area contributed by atoms with Gasteiger partial charge in [-0.25, -0.2) is 9.50 Å². The van der Waals surface area contributed by atoms with E-state index in [-0.39, 0.29) is 5.56 Å². The second kappa shape index (κ2) is 4.00. The number of hydrogen-bond acceptors (Lipinski definition) is 3. The normalized spacial score (nSPS) is 21.4. The van der Waals surface area contributed by atoms with Crippen LogP contribution >= 0.6 is 0 Å². The van der Waals surface area contributed by atoms with E-state index < -0.39 is 0 Å². The number of aromatic amines is 1. The number of aromatic nitrogens is 3. The van der Waals surface area contributed by atoms with Crippen LogP contribution in [0.1, 0.15) is 12.2 Å². The van der Waals surface area contributed by atoms with Crippen molar-refractivity contribution in [2.24, 2.45) is 5.92 Å². The minimum Gasteiger partial charge on any atom is -0.306 e. The molecule has 0 spiro atoms. The van der Waals surface area contributed by atoms with Gasteiger partial charge in [-0.2, -0.15) is 0 Å². The molecular weight excluding hydrogens is 216 g/mol. The van der Waals surface area contributed by atoms with Crippen LogP contribution in [0.15, 0.2) is 23.0 Å². The van der Waals surface area contributed by atoms with E-state index >= 15 is 0 Å². The molecule has 1 unspecified atom stereocenters. The van der Waals surface area contributed by atoms with Crippen LogP contribution in [-0.2, 0) is 6.42 Å². The van der Waals surface area contributed by atoms with Crippen LogP contribution in [0.2, 0.25) is 0 Å². The van der Waals surface area contributed by atoms with E-state index in [9.17, 15) is 4.79 Å². The minimum atomic E-state index is -0.0511. The molecule has 1 aliphatic heterocycles. The van der Waals surface area contributed by atoms with E-state index in [4.69, 9.17) is 0 Å². The molecule has 3 heterocycles. The summed E-state index contributed by atoms with van der Waals surface area (Å²) >= 11 is 0. The number of hydrogen-bond donors (Lipinski definition) is 1. The Morgan fingerprint density at radius 2 is 2.41 bits per heavy atom. The number of nitrogens with one attached hydrogen (secondary N) is 1. The van der Waals surface area contributed by atoms with E-state index in [1.165, 1.54) is 17.0 Å². The van der Waals surface area contributed by atoms with Crippen molar-refractivity contribution in [1.29, 1.82) is 0 Å². The van der Waals surface area contributed by atoms with Gasteiger partial charge in [-0.05, 0) is 32.0 Å². The third kappa shape index (κ3) is 1.98. The number of nitrogens with zero attached hydrogens (tertiary/aromatic N) is 3. The van der Waals surface area contributed by atoms with Crippen LogP contribution in [0, 0.1) is 5.92 Å². The first-order valence-electron chi connectivity index (χ1n) is 5.97. The Hall–Kier alpha value is -1.62. The molecule has 0 amide bonds. The standard InChI is InChI=1S/C12H16N4O/c1-15-6-5-9(8-15)7-10-13-11-3-2-4-12(17)16(11)14-10/h2-4,9H,5-8H2,1H3,(H,13,14). The molecule has 1 fully saturated rings. The van der Waals surface area contributed by atoms with E-state index in [0.717, 1.165) is 25.3 Å². The zero-order chi connectivity index (χ0) is 11.8. The summed E-state index contributed by atoms with van der Waals surface area (Å²) in [6.07, 6.45) is 2.13. The van der Waals surface area contributed by atoms with Crippen LogP contribution in [0.4, 0.5) is 0 Å². The highest BCUT2D eigenvalue weighted by Gasteiger charge is 2.20. The molecule has 3 rings (SSSR count). The number of likely N-dealkylation sites (tertiary alicyclic amines) is 1. The molecule has 0 bridgehead atoms. The monoisotopic (exact) mass is 232 g/mol. The summed E-state index contributed by atoms with van der Waals surface area (Å²) in [5.74, 6) is 1.56. The summed E-state index contributed by atoms with van der Waals surface area (Å²) in [6.45, 7) is 2.27. The predicted octanol–water partition coefficient (Wildman–Crippen LogP) is 0.517. The van der Waals surface area contributed by atoms with Gasteiger partial charge in [-0.15, -0.1) is 0 Å². The SMILES string of the molecule is CN1CCC(Cc2nc3cccc(=O)n3[nH]2)C1. The zero-order valence-electron chi connectivity index (χ0n) is 9.89. The summed E-state index contributed by atoms with van der Waals surface area (Å²) in [5, 5.41) is 3.08. The first kappa shape index (κ1) is 10.5. The van der Waals surface area contributed by atoms with Gasteiger partial charge in [0.2, 0.25) is 0 Å². The fourth-order valence-corrected chi connectivity index (χ4v) is 2.53. The first-order chi connectivity index (χ1) is 8.22. The van der Waals surface area contributed by atoms with E-state index in [1.807, 2.05) is 6.07 Å². The fourth-order valence-electron chi connectivity index (χ4n) is 2.53. The molecule has 1 atom stereocenters. The highest BCUT2D eigenvalue weighted by Crippen LogP contribution is 2.17. The largest absolute Gasteiger partial charge is 0.306 e. The Balaban J connectivity index is 1.86. The maximum Gasteiger partial charge on any atom is 0.271 e. The van der Waals surface area contributed by atoms with Crippen molar-refractivity contribution in [2.45, 2.75) is 12.8 Å². The van der Waals surface area contributed by atoms with Crippen LogP contribution in [0.5, 0.6) is 0 Å². The first-order valence-corrected chi connectivity index (χ1v) is 5.97. The van der Waals surface area contributed by atoms with Crippen molar-refractivity contribution in [3.63, 3.8) is 0 Å². The van der Waals surface area contributed by atoms with Gasteiger partial charge >= 0.3 is 0 Å². The second-order valence-electron chi connectivity index (χ2n) is 4.85. The van der Waals surface area contributed by atoms with Crippen molar-refractivity contribution in [3.05, 3.63) is 34.4 Å². The molecule has 17 heavy (non-hydrogen) atoms. The lowest BCUT2D eigenvalue weighted by molar-refractivity contribution is 0.392. The number of fused-ring (bicyclic) bond motifs is 1. The molecule has 90 valence electrons. The molecule has 0 aliphatic carbocycles.